The van der Waals surface area contributed by atoms with Crippen LogP contribution in [0.2, 0.25) is 0 Å². The molecule has 1 aliphatic carbocycles. The summed E-state index contributed by atoms with van der Waals surface area (Å²) >= 11 is 0. The number of aliphatic hydroxyl groups is 3. The van der Waals surface area contributed by atoms with Gasteiger partial charge in [-0.1, -0.05) is 18.7 Å². The Hall–Kier alpha value is -2.00. The Bertz CT molecular complexity index is 836. The average molecular weight is 467 g/mol. The van der Waals surface area contributed by atoms with Crippen molar-refractivity contribution in [1.82, 2.24) is 0 Å². The molecule has 1 saturated carbocycles. The van der Waals surface area contributed by atoms with E-state index >= 15 is 0 Å². The molecule has 8 heteroatoms. The van der Waals surface area contributed by atoms with E-state index in [0.29, 0.717) is 23.1 Å². The molecule has 7 unspecified atom stereocenters. The highest BCUT2D eigenvalue weighted by atomic mass is 16.7. The predicted octanol–water partition coefficient (Wildman–Crippen LogP) is 2.36. The number of epoxide rings is 1. The predicted molar refractivity (Wildman–Crippen MR) is 122 cm³/mol. The van der Waals surface area contributed by atoms with Gasteiger partial charge in [-0.15, -0.1) is 0 Å². The molecule has 186 valence electrons. The molecule has 1 aliphatic heterocycles. The Kier molecular flexibility index (Phi) is 8.33. The van der Waals surface area contributed by atoms with Crippen molar-refractivity contribution < 1.29 is 39.1 Å². The van der Waals surface area contributed by atoms with Crippen LogP contribution < -0.4 is 0 Å². The lowest BCUT2D eigenvalue weighted by atomic mass is 9.73. The van der Waals surface area contributed by atoms with Gasteiger partial charge < -0.3 is 29.5 Å². The number of carbonyl (C=O) groups excluding carboxylic acids is 2. The molecule has 0 aromatic rings. The number of hydrogen-bond donors (Lipinski definition) is 3. The first-order chi connectivity index (χ1) is 15.2. The van der Waals surface area contributed by atoms with Crippen LogP contribution in [0, 0.1) is 5.92 Å². The fraction of sp³-hybridized carbons (Fsp3) is 0.680. The standard InChI is InChI=1S/C25H38O8/c1-9-13(3)22(28)31-18(24(6,7)30)12-17(26)15(5)16-11-19-25(8,33-19)21(20(16)27)32-23(29)14(4)10-2/h9-10,16-21,26-27,30H,5,11-12H2,1-4,6-8H3. The highest BCUT2D eigenvalue weighted by molar-refractivity contribution is 5.88. The Labute approximate surface area is 195 Å². The zero-order valence-corrected chi connectivity index (χ0v) is 20.6. The molecule has 3 N–H and O–H groups in total. The molecule has 1 heterocycles. The minimum Gasteiger partial charge on any atom is -0.456 e. The van der Waals surface area contributed by atoms with E-state index in [2.05, 4.69) is 6.58 Å². The van der Waals surface area contributed by atoms with Gasteiger partial charge in [0.2, 0.25) is 0 Å². The van der Waals surface area contributed by atoms with Crippen molar-refractivity contribution in [3.63, 3.8) is 0 Å². The lowest BCUT2D eigenvalue weighted by Gasteiger charge is -2.38. The maximum Gasteiger partial charge on any atom is 0.333 e. The Morgan fingerprint density at radius 1 is 1.21 bits per heavy atom. The van der Waals surface area contributed by atoms with E-state index in [0.717, 1.165) is 0 Å². The van der Waals surface area contributed by atoms with Crippen molar-refractivity contribution >= 4 is 11.9 Å². The number of hydrogen-bond acceptors (Lipinski definition) is 8. The molecule has 2 rings (SSSR count). The van der Waals surface area contributed by atoms with E-state index in [9.17, 15) is 24.9 Å². The van der Waals surface area contributed by atoms with Crippen LogP contribution in [0.5, 0.6) is 0 Å². The van der Waals surface area contributed by atoms with E-state index in [1.54, 1.807) is 46.8 Å². The highest BCUT2D eigenvalue weighted by Crippen LogP contribution is 2.52. The molecule has 0 amide bonds. The van der Waals surface area contributed by atoms with Gasteiger partial charge in [-0.2, -0.15) is 0 Å². The fourth-order valence-electron chi connectivity index (χ4n) is 4.03. The van der Waals surface area contributed by atoms with Crippen LogP contribution in [0.25, 0.3) is 0 Å². The first-order valence-electron chi connectivity index (χ1n) is 11.3. The minimum atomic E-state index is -1.42. The van der Waals surface area contributed by atoms with Crippen LogP contribution in [0.4, 0.5) is 0 Å². The summed E-state index contributed by atoms with van der Waals surface area (Å²) in [7, 11) is 0. The maximum absolute atomic E-state index is 12.3. The molecular formula is C25H38O8. The summed E-state index contributed by atoms with van der Waals surface area (Å²) < 4.78 is 16.8. The molecule has 33 heavy (non-hydrogen) atoms. The average Bonchev–Trinajstić information content (AvgIpc) is 3.43. The molecule has 2 fully saturated rings. The van der Waals surface area contributed by atoms with Crippen molar-refractivity contribution in [1.29, 1.82) is 0 Å². The van der Waals surface area contributed by atoms with E-state index in [-0.39, 0.29) is 12.5 Å². The summed E-state index contributed by atoms with van der Waals surface area (Å²) in [4.78, 5) is 24.6. The molecule has 7 atom stereocenters. The molecule has 1 saturated heterocycles. The summed E-state index contributed by atoms with van der Waals surface area (Å²) in [6.45, 7) is 15.4. The van der Waals surface area contributed by atoms with E-state index in [4.69, 9.17) is 14.2 Å². The number of ether oxygens (including phenoxy) is 3. The minimum absolute atomic E-state index is 0.112. The number of rotatable bonds is 9. The van der Waals surface area contributed by atoms with Gasteiger partial charge in [0.1, 0.15) is 17.8 Å². The number of fused-ring (bicyclic) bond motifs is 1. The second kappa shape index (κ2) is 10.1. The quantitative estimate of drug-likeness (QED) is 0.205. The zero-order chi connectivity index (χ0) is 25.3. The van der Waals surface area contributed by atoms with Crippen LogP contribution in [0.15, 0.2) is 35.5 Å². The van der Waals surface area contributed by atoms with Gasteiger partial charge in [-0.25, -0.2) is 9.59 Å². The van der Waals surface area contributed by atoms with Gasteiger partial charge in [0.15, 0.2) is 6.10 Å². The third-order valence-corrected chi connectivity index (χ3v) is 6.86. The SMILES string of the molecule is C=C(C(O)CC(OC(=O)C(C)=CC)C(C)(C)O)C1CC2OC2(C)C(OC(=O)C(C)=CC)C1O. The number of carbonyl (C=O) groups is 2. The Balaban J connectivity index is 2.16. The van der Waals surface area contributed by atoms with Crippen molar-refractivity contribution in [2.24, 2.45) is 5.92 Å². The third-order valence-electron chi connectivity index (χ3n) is 6.86. The lowest BCUT2D eigenvalue weighted by Crippen LogP contribution is -2.52. The number of allylic oxidation sites excluding steroid dienone is 2. The van der Waals surface area contributed by atoms with Crippen LogP contribution in [-0.2, 0) is 23.8 Å². The molecule has 0 aromatic carbocycles. The maximum atomic E-state index is 12.3. The molecule has 0 radical (unpaired) electrons. The lowest BCUT2D eigenvalue weighted by molar-refractivity contribution is -0.161. The van der Waals surface area contributed by atoms with Crippen LogP contribution in [-0.4, -0.2) is 69.0 Å². The molecule has 0 spiro atoms. The fourth-order valence-corrected chi connectivity index (χ4v) is 4.03. The van der Waals surface area contributed by atoms with E-state index in [1.165, 1.54) is 13.8 Å². The second-order valence-corrected chi connectivity index (χ2v) is 9.77. The molecule has 0 aromatic heterocycles. The van der Waals surface area contributed by atoms with Crippen molar-refractivity contribution in [2.75, 3.05) is 0 Å². The zero-order valence-electron chi connectivity index (χ0n) is 20.6. The first-order valence-corrected chi connectivity index (χ1v) is 11.3. The van der Waals surface area contributed by atoms with Gasteiger partial charge in [0, 0.05) is 23.5 Å². The molecule has 0 bridgehead atoms. The summed E-state index contributed by atoms with van der Waals surface area (Å²) in [5.41, 5.74) is -1.12. The molecule has 8 nitrogen and oxygen atoms in total. The Morgan fingerprint density at radius 2 is 1.76 bits per heavy atom. The monoisotopic (exact) mass is 466 g/mol. The summed E-state index contributed by atoms with van der Waals surface area (Å²) in [6.07, 6.45) is -1.00. The number of aliphatic hydroxyl groups excluding tert-OH is 2. The van der Waals surface area contributed by atoms with Crippen LogP contribution in [0.1, 0.15) is 61.3 Å². The summed E-state index contributed by atoms with van der Waals surface area (Å²) in [6, 6.07) is 0. The van der Waals surface area contributed by atoms with E-state index in [1.807, 2.05) is 0 Å². The van der Waals surface area contributed by atoms with Crippen LogP contribution >= 0.6 is 0 Å². The van der Waals surface area contributed by atoms with Crippen molar-refractivity contribution in [3.8, 4) is 0 Å². The normalized spacial score (nSPS) is 31.8. The highest BCUT2D eigenvalue weighted by Gasteiger charge is 2.67. The topological polar surface area (TPSA) is 126 Å². The van der Waals surface area contributed by atoms with Gasteiger partial charge in [0.25, 0.3) is 0 Å². The van der Waals surface area contributed by atoms with Gasteiger partial charge in [-0.3, -0.25) is 0 Å². The second-order valence-electron chi connectivity index (χ2n) is 9.77. The van der Waals surface area contributed by atoms with Crippen LogP contribution in [0.3, 0.4) is 0 Å². The molecule has 2 aliphatic rings. The van der Waals surface area contributed by atoms with Gasteiger partial charge in [-0.05, 0) is 60.5 Å². The Morgan fingerprint density at radius 3 is 2.27 bits per heavy atom. The van der Waals surface area contributed by atoms with Gasteiger partial charge >= 0.3 is 11.9 Å². The third kappa shape index (κ3) is 5.93. The van der Waals surface area contributed by atoms with Crippen molar-refractivity contribution in [2.45, 2.75) is 103 Å². The molecular weight excluding hydrogens is 428 g/mol. The van der Waals surface area contributed by atoms with E-state index < -0.39 is 53.5 Å². The smallest absolute Gasteiger partial charge is 0.333 e. The number of esters is 2. The largest absolute Gasteiger partial charge is 0.456 e. The van der Waals surface area contributed by atoms with Gasteiger partial charge in [0.05, 0.1) is 17.8 Å². The summed E-state index contributed by atoms with van der Waals surface area (Å²) in [5.74, 6) is -1.74. The van der Waals surface area contributed by atoms with Crippen molar-refractivity contribution in [3.05, 3.63) is 35.5 Å². The first kappa shape index (κ1) is 27.2. The summed E-state index contributed by atoms with van der Waals surface area (Å²) in [5, 5.41) is 32.5.